The zero-order chi connectivity index (χ0) is 12.1. The number of aliphatic hydroxyl groups is 1. The smallest absolute Gasteiger partial charge is 0.0936 e. The third-order valence-corrected chi connectivity index (χ3v) is 3.05. The van der Waals surface area contributed by atoms with E-state index in [4.69, 9.17) is 9.84 Å². The van der Waals surface area contributed by atoms with Crippen LogP contribution in [0, 0.1) is 0 Å². The molecule has 0 amide bonds. The molecule has 2 heterocycles. The van der Waals surface area contributed by atoms with Gasteiger partial charge in [-0.05, 0) is 25.0 Å². The molecule has 2 rings (SSSR count). The van der Waals surface area contributed by atoms with E-state index in [0.29, 0.717) is 0 Å². The average molecular weight is 236 g/mol. The number of rotatable bonds is 4. The van der Waals surface area contributed by atoms with E-state index in [1.165, 1.54) is 5.56 Å². The zero-order valence-electron chi connectivity index (χ0n) is 10.2. The van der Waals surface area contributed by atoms with Gasteiger partial charge in [0.2, 0.25) is 0 Å². The molecule has 1 aliphatic heterocycles. The molecular weight excluding hydrogens is 216 g/mol. The Kier molecular flexibility index (Phi) is 4.48. The summed E-state index contributed by atoms with van der Waals surface area (Å²) in [6.07, 6.45) is 4.87. The third-order valence-electron chi connectivity index (χ3n) is 3.05. The Morgan fingerprint density at radius 2 is 2.41 bits per heavy atom. The number of hydrogen-bond donors (Lipinski definition) is 1. The normalized spacial score (nSPS) is 26.0. The molecule has 1 aromatic heterocycles. The predicted molar refractivity (Wildman–Crippen MR) is 65.8 cm³/mol. The second kappa shape index (κ2) is 6.10. The monoisotopic (exact) mass is 236 g/mol. The predicted octanol–water partition coefficient (Wildman–Crippen LogP) is 0.706. The average Bonchev–Trinajstić information content (AvgIpc) is 2.37. The van der Waals surface area contributed by atoms with Crippen molar-refractivity contribution in [1.82, 2.24) is 9.88 Å². The van der Waals surface area contributed by atoms with E-state index in [0.717, 1.165) is 26.1 Å². The summed E-state index contributed by atoms with van der Waals surface area (Å²) in [6, 6.07) is 4.06. The first-order valence-electron chi connectivity index (χ1n) is 6.15. The van der Waals surface area contributed by atoms with E-state index in [2.05, 4.69) is 22.9 Å². The highest BCUT2D eigenvalue weighted by Crippen LogP contribution is 2.11. The maximum Gasteiger partial charge on any atom is 0.0936 e. The van der Waals surface area contributed by atoms with E-state index in [9.17, 15) is 0 Å². The fourth-order valence-electron chi connectivity index (χ4n) is 2.26. The lowest BCUT2D eigenvalue weighted by molar-refractivity contribution is -0.0947. The van der Waals surface area contributed by atoms with E-state index >= 15 is 0 Å². The van der Waals surface area contributed by atoms with Crippen molar-refractivity contribution in [2.75, 3.05) is 26.2 Å². The lowest BCUT2D eigenvalue weighted by atomic mass is 10.1. The van der Waals surface area contributed by atoms with Crippen LogP contribution >= 0.6 is 0 Å². The molecule has 1 N–H and O–H groups in total. The molecule has 2 atom stereocenters. The van der Waals surface area contributed by atoms with Gasteiger partial charge >= 0.3 is 0 Å². The number of ether oxygens (including phenoxy) is 1. The fourth-order valence-corrected chi connectivity index (χ4v) is 2.26. The largest absolute Gasteiger partial charge is 0.394 e. The Balaban J connectivity index is 1.82. The Bertz CT molecular complexity index is 331. The number of hydrogen-bond acceptors (Lipinski definition) is 4. The van der Waals surface area contributed by atoms with E-state index in [1.54, 1.807) is 6.20 Å². The van der Waals surface area contributed by atoms with Crippen molar-refractivity contribution in [1.29, 1.82) is 0 Å². The van der Waals surface area contributed by atoms with Crippen LogP contribution in [0.4, 0.5) is 0 Å². The van der Waals surface area contributed by atoms with Crippen molar-refractivity contribution >= 4 is 0 Å². The second-order valence-electron chi connectivity index (χ2n) is 4.62. The van der Waals surface area contributed by atoms with Crippen molar-refractivity contribution < 1.29 is 9.84 Å². The highest BCUT2D eigenvalue weighted by molar-refractivity contribution is 5.08. The van der Waals surface area contributed by atoms with Gasteiger partial charge < -0.3 is 9.84 Å². The number of pyridine rings is 1. The van der Waals surface area contributed by atoms with Crippen LogP contribution in [0.2, 0.25) is 0 Å². The highest BCUT2D eigenvalue weighted by Gasteiger charge is 2.24. The van der Waals surface area contributed by atoms with Gasteiger partial charge in [0.05, 0.1) is 18.8 Å². The lowest BCUT2D eigenvalue weighted by Gasteiger charge is -2.36. The number of morpholine rings is 1. The first-order chi connectivity index (χ1) is 8.28. The van der Waals surface area contributed by atoms with Crippen LogP contribution in [0.1, 0.15) is 12.5 Å². The van der Waals surface area contributed by atoms with Crippen LogP contribution in [-0.4, -0.2) is 53.4 Å². The minimum atomic E-state index is -0.0346. The maximum atomic E-state index is 9.15. The minimum Gasteiger partial charge on any atom is -0.394 e. The second-order valence-corrected chi connectivity index (χ2v) is 4.62. The number of nitrogens with zero attached hydrogens (tertiary/aromatic N) is 2. The summed E-state index contributed by atoms with van der Waals surface area (Å²) in [4.78, 5) is 6.46. The molecule has 94 valence electrons. The van der Waals surface area contributed by atoms with Gasteiger partial charge in [0.25, 0.3) is 0 Å². The Labute approximate surface area is 102 Å². The molecule has 4 nitrogen and oxygen atoms in total. The summed E-state index contributed by atoms with van der Waals surface area (Å²) >= 11 is 0. The summed E-state index contributed by atoms with van der Waals surface area (Å²) in [5.74, 6) is 0. The summed E-state index contributed by atoms with van der Waals surface area (Å²) in [6.45, 7) is 4.92. The Morgan fingerprint density at radius 1 is 1.53 bits per heavy atom. The van der Waals surface area contributed by atoms with Gasteiger partial charge in [0.1, 0.15) is 0 Å². The quantitative estimate of drug-likeness (QED) is 0.836. The van der Waals surface area contributed by atoms with Crippen LogP contribution in [0.5, 0.6) is 0 Å². The molecule has 0 aliphatic carbocycles. The van der Waals surface area contributed by atoms with Gasteiger partial charge in [-0.25, -0.2) is 0 Å². The standard InChI is InChI=1S/C13H20N2O2/c1-11-8-15(9-13(10-16)17-11)6-4-12-3-2-5-14-7-12/h2-3,5,7,11,13,16H,4,6,8-10H2,1H3. The van der Waals surface area contributed by atoms with E-state index < -0.39 is 0 Å². The Hall–Kier alpha value is -0.970. The van der Waals surface area contributed by atoms with Crippen molar-refractivity contribution in [3.63, 3.8) is 0 Å². The van der Waals surface area contributed by atoms with Crippen LogP contribution < -0.4 is 0 Å². The van der Waals surface area contributed by atoms with Crippen molar-refractivity contribution in [2.45, 2.75) is 25.6 Å². The molecular formula is C13H20N2O2. The molecule has 1 aromatic rings. The van der Waals surface area contributed by atoms with Crippen LogP contribution in [0.3, 0.4) is 0 Å². The lowest BCUT2D eigenvalue weighted by Crippen LogP contribution is -2.48. The van der Waals surface area contributed by atoms with Gasteiger partial charge in [-0.3, -0.25) is 9.88 Å². The van der Waals surface area contributed by atoms with Crippen molar-refractivity contribution in [3.8, 4) is 0 Å². The van der Waals surface area contributed by atoms with E-state index in [1.807, 2.05) is 12.3 Å². The summed E-state index contributed by atoms with van der Waals surface area (Å²) < 4.78 is 5.61. The number of aliphatic hydroxyl groups excluding tert-OH is 1. The van der Waals surface area contributed by atoms with Gasteiger partial charge in [-0.1, -0.05) is 6.07 Å². The molecule has 0 saturated carbocycles. The van der Waals surface area contributed by atoms with Crippen molar-refractivity contribution in [3.05, 3.63) is 30.1 Å². The van der Waals surface area contributed by atoms with E-state index in [-0.39, 0.29) is 18.8 Å². The third kappa shape index (κ3) is 3.77. The van der Waals surface area contributed by atoms with Crippen molar-refractivity contribution in [2.24, 2.45) is 0 Å². The first kappa shape index (κ1) is 12.5. The molecule has 0 bridgehead atoms. The van der Waals surface area contributed by atoms with Gasteiger partial charge in [0, 0.05) is 32.0 Å². The van der Waals surface area contributed by atoms with Crippen LogP contribution in [0.15, 0.2) is 24.5 Å². The molecule has 0 aromatic carbocycles. The minimum absolute atomic E-state index is 0.0346. The fraction of sp³-hybridized carbons (Fsp3) is 0.615. The van der Waals surface area contributed by atoms with Gasteiger partial charge in [-0.2, -0.15) is 0 Å². The topological polar surface area (TPSA) is 45.6 Å². The van der Waals surface area contributed by atoms with Gasteiger partial charge in [-0.15, -0.1) is 0 Å². The van der Waals surface area contributed by atoms with Crippen LogP contribution in [-0.2, 0) is 11.2 Å². The highest BCUT2D eigenvalue weighted by atomic mass is 16.5. The molecule has 2 unspecified atom stereocenters. The summed E-state index contributed by atoms with van der Waals surface area (Å²) in [7, 11) is 0. The molecule has 1 fully saturated rings. The molecule has 0 radical (unpaired) electrons. The first-order valence-corrected chi connectivity index (χ1v) is 6.15. The van der Waals surface area contributed by atoms with Gasteiger partial charge in [0.15, 0.2) is 0 Å². The molecule has 1 saturated heterocycles. The molecule has 0 spiro atoms. The Morgan fingerprint density at radius 3 is 3.12 bits per heavy atom. The van der Waals surface area contributed by atoms with Crippen LogP contribution in [0.25, 0.3) is 0 Å². The summed E-state index contributed by atoms with van der Waals surface area (Å²) in [5.41, 5.74) is 1.26. The molecule has 4 heteroatoms. The maximum absolute atomic E-state index is 9.15. The molecule has 17 heavy (non-hydrogen) atoms. The zero-order valence-corrected chi connectivity index (χ0v) is 10.2. The number of aromatic nitrogens is 1. The molecule has 1 aliphatic rings. The SMILES string of the molecule is CC1CN(CCc2cccnc2)CC(CO)O1. The summed E-state index contributed by atoms with van der Waals surface area (Å²) in [5, 5.41) is 9.15.